The van der Waals surface area contributed by atoms with Crippen LogP contribution in [0, 0.1) is 0 Å². The smallest absolute Gasteiger partial charge is 0.234 e. The minimum Gasteiger partial charge on any atom is -0.497 e. The molecule has 0 fully saturated rings. The number of rotatable bonds is 5. The molecule has 0 unspecified atom stereocenters. The van der Waals surface area contributed by atoms with Crippen molar-refractivity contribution in [2.24, 2.45) is 0 Å². The molecule has 1 amide bonds. The van der Waals surface area contributed by atoms with Crippen LogP contribution in [0.5, 0.6) is 11.5 Å². The van der Waals surface area contributed by atoms with Crippen LogP contribution in [0.15, 0.2) is 42.5 Å². The molecule has 23 heavy (non-hydrogen) atoms. The average Bonchev–Trinajstić information content (AvgIpc) is 2.55. The summed E-state index contributed by atoms with van der Waals surface area (Å²) < 4.78 is 10.5. The lowest BCUT2D eigenvalue weighted by Crippen LogP contribution is -2.34. The van der Waals surface area contributed by atoms with Crippen molar-refractivity contribution in [3.05, 3.63) is 53.1 Å². The first kappa shape index (κ1) is 17.2. The molecule has 0 aliphatic heterocycles. The number of halogens is 1. The highest BCUT2D eigenvalue weighted by atomic mass is 35.5. The zero-order valence-corrected chi connectivity index (χ0v) is 14.4. The van der Waals surface area contributed by atoms with Gasteiger partial charge < -0.3 is 14.8 Å². The molecule has 1 N–H and O–H groups in total. The van der Waals surface area contributed by atoms with Crippen molar-refractivity contribution in [1.29, 1.82) is 0 Å². The minimum atomic E-state index is -0.740. The Morgan fingerprint density at radius 2 is 1.83 bits per heavy atom. The van der Waals surface area contributed by atoms with Gasteiger partial charge in [-0.05, 0) is 43.7 Å². The van der Waals surface area contributed by atoms with Gasteiger partial charge in [0.15, 0.2) is 0 Å². The van der Waals surface area contributed by atoms with Gasteiger partial charge in [-0.15, -0.1) is 0 Å². The highest BCUT2D eigenvalue weighted by Gasteiger charge is 2.30. The van der Waals surface area contributed by atoms with Crippen LogP contribution in [0.4, 0.5) is 5.69 Å². The monoisotopic (exact) mass is 333 g/mol. The van der Waals surface area contributed by atoms with Crippen molar-refractivity contribution >= 4 is 23.2 Å². The molecule has 0 aliphatic rings. The maximum atomic E-state index is 12.7. The lowest BCUT2D eigenvalue weighted by molar-refractivity contribution is -0.120. The molecule has 0 atom stereocenters. The van der Waals surface area contributed by atoms with E-state index in [1.165, 1.54) is 0 Å². The third-order valence-corrected chi connectivity index (χ3v) is 4.01. The van der Waals surface area contributed by atoms with E-state index >= 15 is 0 Å². The fraction of sp³-hybridized carbons (Fsp3) is 0.278. The summed E-state index contributed by atoms with van der Waals surface area (Å²) >= 11 is 6.03. The van der Waals surface area contributed by atoms with E-state index in [0.717, 1.165) is 5.56 Å². The Bertz CT molecular complexity index is 713. The molecule has 0 bridgehead atoms. The number of carbonyl (C=O) groups is 1. The Morgan fingerprint density at radius 1 is 1.09 bits per heavy atom. The lowest BCUT2D eigenvalue weighted by atomic mass is 9.83. The molecule has 122 valence electrons. The Balaban J connectivity index is 2.27. The predicted molar refractivity (Wildman–Crippen MR) is 92.7 cm³/mol. The van der Waals surface area contributed by atoms with Crippen molar-refractivity contribution in [1.82, 2.24) is 0 Å². The number of hydrogen-bond acceptors (Lipinski definition) is 3. The number of amides is 1. The largest absolute Gasteiger partial charge is 0.497 e. The van der Waals surface area contributed by atoms with Gasteiger partial charge >= 0.3 is 0 Å². The minimum absolute atomic E-state index is 0.150. The van der Waals surface area contributed by atoms with Gasteiger partial charge in [-0.3, -0.25) is 4.79 Å². The zero-order chi connectivity index (χ0) is 17.0. The molecule has 0 spiro atoms. The topological polar surface area (TPSA) is 47.6 Å². The molecule has 0 aliphatic carbocycles. The summed E-state index contributed by atoms with van der Waals surface area (Å²) in [5.41, 5.74) is 0.693. The Morgan fingerprint density at radius 3 is 2.43 bits per heavy atom. The van der Waals surface area contributed by atoms with Crippen LogP contribution in [0.1, 0.15) is 19.4 Å². The standard InChI is InChI=1S/C18H20ClNO3/c1-18(2,12-6-5-7-13(19)10-12)17(21)20-15-9-8-14(22-3)11-16(15)23-4/h5-11H,1-4H3,(H,20,21). The fourth-order valence-electron chi connectivity index (χ4n) is 2.19. The number of hydrogen-bond donors (Lipinski definition) is 1. The third kappa shape index (κ3) is 3.77. The van der Waals surface area contributed by atoms with Gasteiger partial charge in [0.05, 0.1) is 25.3 Å². The first-order valence-corrected chi connectivity index (χ1v) is 7.56. The number of anilines is 1. The van der Waals surface area contributed by atoms with Gasteiger partial charge in [-0.1, -0.05) is 23.7 Å². The second-order valence-corrected chi connectivity index (χ2v) is 6.09. The summed E-state index contributed by atoms with van der Waals surface area (Å²) in [6.07, 6.45) is 0. The first-order valence-electron chi connectivity index (χ1n) is 7.18. The Labute approximate surface area is 141 Å². The number of carbonyl (C=O) groups excluding carboxylic acids is 1. The maximum absolute atomic E-state index is 12.7. The van der Waals surface area contributed by atoms with Crippen LogP contribution < -0.4 is 14.8 Å². The molecular weight excluding hydrogens is 314 g/mol. The number of benzene rings is 2. The third-order valence-electron chi connectivity index (χ3n) is 3.77. The van der Waals surface area contributed by atoms with Crippen molar-refractivity contribution in [2.75, 3.05) is 19.5 Å². The van der Waals surface area contributed by atoms with Crippen LogP contribution in [-0.2, 0) is 10.2 Å². The molecule has 0 aromatic heterocycles. The molecule has 2 aromatic carbocycles. The quantitative estimate of drug-likeness (QED) is 0.888. The molecule has 0 saturated heterocycles. The van der Waals surface area contributed by atoms with E-state index in [9.17, 15) is 4.79 Å². The number of nitrogens with one attached hydrogen (secondary N) is 1. The van der Waals surface area contributed by atoms with Crippen molar-refractivity contribution < 1.29 is 14.3 Å². The normalized spacial score (nSPS) is 11.0. The molecule has 5 heteroatoms. The van der Waals surface area contributed by atoms with Crippen molar-refractivity contribution in [3.63, 3.8) is 0 Å². The zero-order valence-electron chi connectivity index (χ0n) is 13.6. The van der Waals surface area contributed by atoms with E-state index in [1.807, 2.05) is 26.0 Å². The molecule has 4 nitrogen and oxygen atoms in total. The maximum Gasteiger partial charge on any atom is 0.234 e. The van der Waals surface area contributed by atoms with Crippen LogP contribution in [0.2, 0.25) is 5.02 Å². The molecule has 0 heterocycles. The highest BCUT2D eigenvalue weighted by molar-refractivity contribution is 6.30. The Kier molecular flexibility index (Phi) is 5.16. The van der Waals surface area contributed by atoms with E-state index in [0.29, 0.717) is 22.2 Å². The molecule has 0 saturated carbocycles. The van der Waals surface area contributed by atoms with Gasteiger partial charge in [-0.2, -0.15) is 0 Å². The molecule has 2 aromatic rings. The van der Waals surface area contributed by atoms with E-state index in [2.05, 4.69) is 5.32 Å². The van der Waals surface area contributed by atoms with Gasteiger partial charge in [0, 0.05) is 11.1 Å². The van der Waals surface area contributed by atoms with Gasteiger partial charge in [0.1, 0.15) is 11.5 Å². The lowest BCUT2D eigenvalue weighted by Gasteiger charge is -2.25. The average molecular weight is 334 g/mol. The van der Waals surface area contributed by atoms with Crippen LogP contribution >= 0.6 is 11.6 Å². The summed E-state index contributed by atoms with van der Waals surface area (Å²) in [7, 11) is 3.13. The van der Waals surface area contributed by atoms with Crippen LogP contribution in [-0.4, -0.2) is 20.1 Å². The number of methoxy groups -OCH3 is 2. The summed E-state index contributed by atoms with van der Waals surface area (Å²) in [6, 6.07) is 12.5. The van der Waals surface area contributed by atoms with Crippen molar-refractivity contribution in [3.8, 4) is 11.5 Å². The first-order chi connectivity index (χ1) is 10.9. The van der Waals surface area contributed by atoms with Crippen molar-refractivity contribution in [2.45, 2.75) is 19.3 Å². The second-order valence-electron chi connectivity index (χ2n) is 5.66. The van der Waals surface area contributed by atoms with Gasteiger partial charge in [-0.25, -0.2) is 0 Å². The van der Waals surface area contributed by atoms with Crippen LogP contribution in [0.25, 0.3) is 0 Å². The highest BCUT2D eigenvalue weighted by Crippen LogP contribution is 2.32. The van der Waals surface area contributed by atoms with E-state index in [4.69, 9.17) is 21.1 Å². The fourth-order valence-corrected chi connectivity index (χ4v) is 2.38. The Hall–Kier alpha value is -2.20. The van der Waals surface area contributed by atoms with Gasteiger partial charge in [0.2, 0.25) is 5.91 Å². The summed E-state index contributed by atoms with van der Waals surface area (Å²) in [5, 5.41) is 3.51. The van der Waals surface area contributed by atoms with E-state index in [1.54, 1.807) is 44.6 Å². The van der Waals surface area contributed by atoms with Gasteiger partial charge in [0.25, 0.3) is 0 Å². The second kappa shape index (κ2) is 6.92. The summed E-state index contributed by atoms with van der Waals surface area (Å²) in [4.78, 5) is 12.7. The summed E-state index contributed by atoms with van der Waals surface area (Å²) in [5.74, 6) is 1.05. The SMILES string of the molecule is COc1ccc(NC(=O)C(C)(C)c2cccc(Cl)c2)c(OC)c1. The molecule has 0 radical (unpaired) electrons. The number of ether oxygens (including phenoxy) is 2. The summed E-state index contributed by atoms with van der Waals surface area (Å²) in [6.45, 7) is 3.70. The van der Waals surface area contributed by atoms with Crippen LogP contribution in [0.3, 0.4) is 0 Å². The van der Waals surface area contributed by atoms with E-state index < -0.39 is 5.41 Å². The predicted octanol–water partition coefficient (Wildman–Crippen LogP) is 4.27. The molecule has 2 rings (SSSR count). The molecular formula is C18H20ClNO3. The van der Waals surface area contributed by atoms with E-state index in [-0.39, 0.29) is 5.91 Å².